The van der Waals surface area contributed by atoms with Gasteiger partial charge in [0, 0.05) is 24.7 Å². The molecule has 0 amide bonds. The van der Waals surface area contributed by atoms with E-state index in [-0.39, 0.29) is 0 Å². The average molecular weight is 338 g/mol. The van der Waals surface area contributed by atoms with E-state index in [1.165, 1.54) is 83.5 Å². The molecule has 24 heavy (non-hydrogen) atoms. The van der Waals surface area contributed by atoms with Crippen molar-refractivity contribution < 1.29 is 9.47 Å². The zero-order valence-electron chi connectivity index (χ0n) is 16.1. The Morgan fingerprint density at radius 3 is 2.71 bits per heavy atom. The summed E-state index contributed by atoms with van der Waals surface area (Å²) in [4.78, 5) is 3.00. The van der Waals surface area contributed by atoms with Gasteiger partial charge in [-0.05, 0) is 50.9 Å². The molecule has 0 radical (unpaired) electrons. The van der Waals surface area contributed by atoms with E-state index >= 15 is 0 Å². The van der Waals surface area contributed by atoms with Crippen LogP contribution in [0.4, 0.5) is 0 Å². The van der Waals surface area contributed by atoms with E-state index in [1.54, 1.807) is 7.11 Å². The Morgan fingerprint density at radius 1 is 0.958 bits per heavy atom. The lowest BCUT2D eigenvalue weighted by Gasteiger charge is -2.56. The fraction of sp³-hybridized carbons (Fsp3) is 1.00. The summed E-state index contributed by atoms with van der Waals surface area (Å²) in [5.41, 5.74) is 0.535. The third-order valence-electron chi connectivity index (χ3n) is 7.13. The number of ether oxygens (including phenoxy) is 2. The van der Waals surface area contributed by atoms with Gasteiger partial charge in [0.05, 0.1) is 6.61 Å². The van der Waals surface area contributed by atoms with Gasteiger partial charge in [-0.15, -0.1) is 0 Å². The molecule has 0 N–H and O–H groups in total. The van der Waals surface area contributed by atoms with Gasteiger partial charge in [0.15, 0.2) is 0 Å². The molecule has 2 aliphatic heterocycles. The topological polar surface area (TPSA) is 21.7 Å². The Hall–Kier alpha value is -0.120. The molecule has 2 saturated heterocycles. The molecule has 4 atom stereocenters. The first-order chi connectivity index (χ1) is 11.8. The standard InChI is InChI=1S/C21H39NO2/c1-3-4-5-6-10-19-12-11-18-9-7-8-14-21(18)15-13-20(22(19)21)16-24-17-23-2/h18-20H,3-17H2,1-2H3/t18-,19+,20+,21+/m0/s1. The van der Waals surface area contributed by atoms with Crippen LogP contribution in [0, 0.1) is 5.92 Å². The smallest absolute Gasteiger partial charge is 0.146 e. The molecule has 1 spiro atoms. The minimum absolute atomic E-state index is 0.446. The van der Waals surface area contributed by atoms with Crippen LogP contribution in [-0.2, 0) is 9.47 Å². The Kier molecular flexibility index (Phi) is 7.00. The summed E-state index contributed by atoms with van der Waals surface area (Å²) < 4.78 is 10.9. The predicted octanol–water partition coefficient (Wildman–Crippen LogP) is 5.13. The number of hydrogen-bond acceptors (Lipinski definition) is 3. The molecule has 3 aliphatic rings. The third kappa shape index (κ3) is 3.83. The lowest BCUT2D eigenvalue weighted by Crippen LogP contribution is -2.61. The lowest BCUT2D eigenvalue weighted by atomic mass is 9.66. The summed E-state index contributed by atoms with van der Waals surface area (Å²) in [6.45, 7) is 3.63. The van der Waals surface area contributed by atoms with Crippen molar-refractivity contribution in [2.75, 3.05) is 20.5 Å². The Balaban J connectivity index is 1.67. The van der Waals surface area contributed by atoms with Crippen LogP contribution < -0.4 is 0 Å². The maximum Gasteiger partial charge on any atom is 0.146 e. The van der Waals surface area contributed by atoms with Crippen LogP contribution >= 0.6 is 0 Å². The molecule has 0 aromatic carbocycles. The first-order valence-corrected chi connectivity index (χ1v) is 10.7. The molecule has 3 fully saturated rings. The molecule has 0 aromatic heterocycles. The quantitative estimate of drug-likeness (QED) is 0.430. The number of unbranched alkanes of at least 4 members (excludes halogenated alkanes) is 3. The van der Waals surface area contributed by atoms with Crippen molar-refractivity contribution in [3.8, 4) is 0 Å². The molecule has 3 nitrogen and oxygen atoms in total. The molecule has 3 heteroatoms. The van der Waals surface area contributed by atoms with Gasteiger partial charge < -0.3 is 9.47 Å². The largest absolute Gasteiger partial charge is 0.359 e. The van der Waals surface area contributed by atoms with Crippen molar-refractivity contribution in [1.82, 2.24) is 4.90 Å². The van der Waals surface area contributed by atoms with Crippen LogP contribution in [-0.4, -0.2) is 43.0 Å². The van der Waals surface area contributed by atoms with Crippen molar-refractivity contribution in [2.24, 2.45) is 5.92 Å². The molecule has 2 heterocycles. The van der Waals surface area contributed by atoms with Crippen molar-refractivity contribution in [2.45, 2.75) is 108 Å². The fourth-order valence-corrected chi connectivity index (χ4v) is 6.14. The highest BCUT2D eigenvalue weighted by Gasteiger charge is 2.55. The van der Waals surface area contributed by atoms with E-state index in [2.05, 4.69) is 11.8 Å². The fourth-order valence-electron chi connectivity index (χ4n) is 6.14. The summed E-state index contributed by atoms with van der Waals surface area (Å²) >= 11 is 0. The van der Waals surface area contributed by atoms with Gasteiger partial charge in [-0.1, -0.05) is 45.4 Å². The van der Waals surface area contributed by atoms with Crippen LogP contribution in [0.2, 0.25) is 0 Å². The monoisotopic (exact) mass is 337 g/mol. The van der Waals surface area contributed by atoms with Gasteiger partial charge in [-0.25, -0.2) is 0 Å². The van der Waals surface area contributed by atoms with Crippen LogP contribution in [0.25, 0.3) is 0 Å². The zero-order valence-corrected chi connectivity index (χ0v) is 16.1. The van der Waals surface area contributed by atoms with Crippen LogP contribution in [0.5, 0.6) is 0 Å². The Morgan fingerprint density at radius 2 is 1.88 bits per heavy atom. The third-order valence-corrected chi connectivity index (χ3v) is 7.13. The number of piperidine rings is 1. The summed E-state index contributed by atoms with van der Waals surface area (Å²) in [6, 6.07) is 1.45. The molecule has 3 rings (SSSR count). The van der Waals surface area contributed by atoms with E-state index in [1.807, 2.05) is 0 Å². The molecule has 1 aliphatic carbocycles. The average Bonchev–Trinajstić information content (AvgIpc) is 2.97. The normalized spacial score (nSPS) is 36.5. The number of nitrogens with zero attached hydrogens (tertiary/aromatic N) is 1. The second-order valence-electron chi connectivity index (χ2n) is 8.50. The Labute approximate surface area is 149 Å². The van der Waals surface area contributed by atoms with E-state index in [9.17, 15) is 0 Å². The molecule has 0 bridgehead atoms. The van der Waals surface area contributed by atoms with E-state index in [4.69, 9.17) is 9.47 Å². The first kappa shape index (κ1) is 18.7. The molecule has 140 valence electrons. The SMILES string of the molecule is CCCCCC[C@@H]1CC[C@@H]2CCCC[C@@]23CC[C@H](COCOC)N13. The molecular formula is C21H39NO2. The first-order valence-electron chi connectivity index (χ1n) is 10.7. The van der Waals surface area contributed by atoms with Crippen LogP contribution in [0.3, 0.4) is 0 Å². The minimum Gasteiger partial charge on any atom is -0.359 e. The highest BCUT2D eigenvalue weighted by Crippen LogP contribution is 2.54. The number of methoxy groups -OCH3 is 1. The van der Waals surface area contributed by atoms with E-state index in [0.29, 0.717) is 18.4 Å². The summed E-state index contributed by atoms with van der Waals surface area (Å²) in [5.74, 6) is 0.963. The van der Waals surface area contributed by atoms with Gasteiger partial charge in [0.2, 0.25) is 0 Å². The summed E-state index contributed by atoms with van der Waals surface area (Å²) in [6.07, 6.45) is 18.5. The van der Waals surface area contributed by atoms with Crippen LogP contribution in [0.1, 0.15) is 90.4 Å². The van der Waals surface area contributed by atoms with Gasteiger partial charge in [0.1, 0.15) is 6.79 Å². The molecule has 1 saturated carbocycles. The maximum absolute atomic E-state index is 5.82. The van der Waals surface area contributed by atoms with Crippen molar-refractivity contribution in [1.29, 1.82) is 0 Å². The highest BCUT2D eigenvalue weighted by atomic mass is 16.7. The van der Waals surface area contributed by atoms with Gasteiger partial charge >= 0.3 is 0 Å². The van der Waals surface area contributed by atoms with Crippen molar-refractivity contribution >= 4 is 0 Å². The van der Waals surface area contributed by atoms with E-state index < -0.39 is 0 Å². The molecule has 0 aromatic rings. The highest BCUT2D eigenvalue weighted by molar-refractivity contribution is 5.10. The second-order valence-corrected chi connectivity index (χ2v) is 8.50. The van der Waals surface area contributed by atoms with Gasteiger partial charge in [-0.3, -0.25) is 4.90 Å². The van der Waals surface area contributed by atoms with Crippen molar-refractivity contribution in [3.63, 3.8) is 0 Å². The summed E-state index contributed by atoms with van der Waals surface area (Å²) in [7, 11) is 1.73. The maximum atomic E-state index is 5.82. The van der Waals surface area contributed by atoms with Gasteiger partial charge in [-0.2, -0.15) is 0 Å². The molecular weight excluding hydrogens is 298 g/mol. The van der Waals surface area contributed by atoms with Crippen LogP contribution in [0.15, 0.2) is 0 Å². The summed E-state index contributed by atoms with van der Waals surface area (Å²) in [5, 5.41) is 0. The van der Waals surface area contributed by atoms with E-state index in [0.717, 1.165) is 18.6 Å². The van der Waals surface area contributed by atoms with Crippen molar-refractivity contribution in [3.05, 3.63) is 0 Å². The minimum atomic E-state index is 0.446. The number of rotatable bonds is 9. The Bertz CT molecular complexity index is 375. The second kappa shape index (κ2) is 9.00. The zero-order chi connectivity index (χ0) is 16.8. The number of hydrogen-bond donors (Lipinski definition) is 0. The predicted molar refractivity (Wildman–Crippen MR) is 99.2 cm³/mol. The lowest BCUT2D eigenvalue weighted by molar-refractivity contribution is -0.0963. The van der Waals surface area contributed by atoms with Gasteiger partial charge in [0.25, 0.3) is 0 Å². The molecule has 0 unspecified atom stereocenters.